The van der Waals surface area contributed by atoms with Gasteiger partial charge in [-0.3, -0.25) is 10.1 Å². The monoisotopic (exact) mass is 444 g/mol. The van der Waals surface area contributed by atoms with Crippen LogP contribution in [0.3, 0.4) is 0 Å². The van der Waals surface area contributed by atoms with E-state index in [0.717, 1.165) is 5.69 Å². The first-order valence-corrected chi connectivity index (χ1v) is 9.69. The van der Waals surface area contributed by atoms with Gasteiger partial charge in [0, 0.05) is 23.5 Å². The highest BCUT2D eigenvalue weighted by Crippen LogP contribution is 2.20. The summed E-state index contributed by atoms with van der Waals surface area (Å²) in [6, 6.07) is 21.0. The maximum atomic E-state index is 13.0. The fourth-order valence-electron chi connectivity index (χ4n) is 2.70. The van der Waals surface area contributed by atoms with Crippen LogP contribution in [0.2, 0.25) is 0 Å². The Labute approximate surface area is 187 Å². The van der Waals surface area contributed by atoms with E-state index in [4.69, 9.17) is 0 Å². The van der Waals surface area contributed by atoms with Gasteiger partial charge in [0.25, 0.3) is 5.69 Å². The largest absolute Gasteiger partial charge is 0.324 e. The number of halogens is 1. The lowest BCUT2D eigenvalue weighted by molar-refractivity contribution is -0.384. The molecule has 3 aromatic carbocycles. The van der Waals surface area contributed by atoms with E-state index in [1.165, 1.54) is 30.5 Å². The molecule has 0 amide bonds. The van der Waals surface area contributed by atoms with Crippen LogP contribution in [0.25, 0.3) is 0 Å². The number of hydrazone groups is 1. The Morgan fingerprint density at radius 3 is 1.97 bits per heavy atom. The summed E-state index contributed by atoms with van der Waals surface area (Å²) < 4.78 is 13.0. The predicted molar refractivity (Wildman–Crippen MR) is 124 cm³/mol. The number of rotatable bonds is 8. The number of hydrogen-bond acceptors (Lipinski definition) is 9. The number of nitrogens with zero attached hydrogens (tertiary/aromatic N) is 5. The Kier molecular flexibility index (Phi) is 6.40. The third-order valence-electron chi connectivity index (χ3n) is 4.25. The fourth-order valence-corrected chi connectivity index (χ4v) is 2.70. The second-order valence-corrected chi connectivity index (χ2v) is 6.65. The summed E-state index contributed by atoms with van der Waals surface area (Å²) >= 11 is 0. The van der Waals surface area contributed by atoms with Crippen LogP contribution >= 0.6 is 0 Å². The third-order valence-corrected chi connectivity index (χ3v) is 4.25. The highest BCUT2D eigenvalue weighted by molar-refractivity contribution is 5.79. The molecular formula is C22H17FN8O2. The van der Waals surface area contributed by atoms with E-state index >= 15 is 0 Å². The van der Waals surface area contributed by atoms with Crippen LogP contribution in [0, 0.1) is 15.9 Å². The average molecular weight is 444 g/mol. The van der Waals surface area contributed by atoms with Crippen LogP contribution in [0.4, 0.5) is 39.3 Å². The minimum atomic E-state index is -0.476. The summed E-state index contributed by atoms with van der Waals surface area (Å²) in [5.41, 5.74) is 4.71. The number of anilines is 5. The van der Waals surface area contributed by atoms with Crippen molar-refractivity contribution in [1.29, 1.82) is 0 Å². The molecule has 0 aliphatic carbocycles. The molecule has 1 aromatic heterocycles. The van der Waals surface area contributed by atoms with Crippen LogP contribution in [-0.4, -0.2) is 26.1 Å². The second-order valence-electron chi connectivity index (χ2n) is 6.65. The minimum absolute atomic E-state index is 0.0277. The molecule has 0 saturated carbocycles. The lowest BCUT2D eigenvalue weighted by Gasteiger charge is -2.10. The number of nitrogens with one attached hydrogen (secondary N) is 3. The summed E-state index contributed by atoms with van der Waals surface area (Å²) in [5, 5.41) is 21.0. The van der Waals surface area contributed by atoms with Crippen molar-refractivity contribution < 1.29 is 9.31 Å². The number of nitro benzene ring substituents is 1. The smallest absolute Gasteiger partial charge is 0.269 e. The van der Waals surface area contributed by atoms with Crippen molar-refractivity contribution in [1.82, 2.24) is 15.0 Å². The SMILES string of the molecule is O=[N+]([O-])c1ccc(Nc2nc(N/N=C/c3ccc(F)cc3)nc(Nc3ccccc3)n2)cc1. The first kappa shape index (κ1) is 21.3. The zero-order chi connectivity index (χ0) is 23.0. The van der Waals surface area contributed by atoms with Crippen molar-refractivity contribution in [3.63, 3.8) is 0 Å². The van der Waals surface area contributed by atoms with E-state index in [9.17, 15) is 14.5 Å². The lowest BCUT2D eigenvalue weighted by atomic mass is 10.2. The Bertz CT molecular complexity index is 1270. The molecule has 4 rings (SSSR count). The third kappa shape index (κ3) is 6.04. The van der Waals surface area contributed by atoms with E-state index in [2.05, 4.69) is 36.1 Å². The van der Waals surface area contributed by atoms with E-state index in [1.807, 2.05) is 30.3 Å². The first-order chi connectivity index (χ1) is 16.0. The minimum Gasteiger partial charge on any atom is -0.324 e. The molecule has 0 aliphatic heterocycles. The van der Waals surface area contributed by atoms with E-state index in [1.54, 1.807) is 24.3 Å². The van der Waals surface area contributed by atoms with Gasteiger partial charge in [0.2, 0.25) is 17.8 Å². The summed E-state index contributed by atoms with van der Waals surface area (Å²) in [6.07, 6.45) is 1.50. The Morgan fingerprint density at radius 2 is 1.36 bits per heavy atom. The van der Waals surface area contributed by atoms with Crippen LogP contribution in [0.15, 0.2) is 84.0 Å². The molecule has 33 heavy (non-hydrogen) atoms. The molecule has 10 nitrogen and oxygen atoms in total. The summed E-state index contributed by atoms with van der Waals surface area (Å²) in [4.78, 5) is 23.3. The molecule has 3 N–H and O–H groups in total. The van der Waals surface area contributed by atoms with Gasteiger partial charge in [-0.1, -0.05) is 30.3 Å². The molecule has 4 aromatic rings. The number of benzene rings is 3. The number of para-hydroxylation sites is 1. The molecule has 11 heteroatoms. The summed E-state index contributed by atoms with van der Waals surface area (Å²) in [6.45, 7) is 0. The molecule has 0 saturated heterocycles. The van der Waals surface area contributed by atoms with Crippen molar-refractivity contribution in [2.75, 3.05) is 16.1 Å². The number of hydrogen-bond donors (Lipinski definition) is 3. The zero-order valence-electron chi connectivity index (χ0n) is 17.0. The molecule has 0 spiro atoms. The maximum absolute atomic E-state index is 13.0. The molecule has 1 heterocycles. The molecule has 164 valence electrons. The standard InChI is InChI=1S/C22H17FN8O2/c23-16-8-6-15(7-9-16)14-24-30-22-28-20(25-17-4-2-1-3-5-17)27-21(29-22)26-18-10-12-19(13-11-18)31(32)33/h1-14H,(H3,25,26,27,28,29,30)/b24-14+. The Hall–Kier alpha value is -4.93. The van der Waals surface area contributed by atoms with Gasteiger partial charge in [0.1, 0.15) is 5.82 Å². The maximum Gasteiger partial charge on any atom is 0.269 e. The molecule has 0 aliphatic rings. The van der Waals surface area contributed by atoms with E-state index in [-0.39, 0.29) is 29.3 Å². The molecule has 0 unspecified atom stereocenters. The molecule has 0 radical (unpaired) electrons. The average Bonchev–Trinajstić information content (AvgIpc) is 2.81. The quantitative estimate of drug-likeness (QED) is 0.200. The molecular weight excluding hydrogens is 427 g/mol. The topological polar surface area (TPSA) is 130 Å². The second kappa shape index (κ2) is 9.92. The predicted octanol–water partition coefficient (Wildman–Crippen LogP) is 4.85. The lowest BCUT2D eigenvalue weighted by Crippen LogP contribution is -2.07. The first-order valence-electron chi connectivity index (χ1n) is 9.69. The normalized spacial score (nSPS) is 10.7. The van der Waals surface area contributed by atoms with Crippen molar-refractivity contribution in [3.8, 4) is 0 Å². The van der Waals surface area contributed by atoms with Crippen molar-refractivity contribution >= 4 is 41.1 Å². The highest BCUT2D eigenvalue weighted by atomic mass is 19.1. The molecule has 0 fully saturated rings. The number of nitro groups is 1. The summed E-state index contributed by atoms with van der Waals surface area (Å²) in [5.74, 6) is 0.249. The van der Waals surface area contributed by atoms with Gasteiger partial charge in [0.15, 0.2) is 0 Å². The van der Waals surface area contributed by atoms with Gasteiger partial charge < -0.3 is 10.6 Å². The van der Waals surface area contributed by atoms with Crippen LogP contribution < -0.4 is 16.1 Å². The summed E-state index contributed by atoms with van der Waals surface area (Å²) in [7, 11) is 0. The van der Waals surface area contributed by atoms with Gasteiger partial charge in [-0.05, 0) is 42.0 Å². The molecule has 0 bridgehead atoms. The Balaban J connectivity index is 1.56. The number of aromatic nitrogens is 3. The van der Waals surface area contributed by atoms with Gasteiger partial charge >= 0.3 is 0 Å². The van der Waals surface area contributed by atoms with E-state index < -0.39 is 4.92 Å². The van der Waals surface area contributed by atoms with Gasteiger partial charge in [-0.15, -0.1) is 0 Å². The van der Waals surface area contributed by atoms with Gasteiger partial charge in [-0.2, -0.15) is 20.1 Å². The van der Waals surface area contributed by atoms with Crippen LogP contribution in [0.1, 0.15) is 5.56 Å². The van der Waals surface area contributed by atoms with Gasteiger partial charge in [0.05, 0.1) is 11.1 Å². The zero-order valence-corrected chi connectivity index (χ0v) is 17.0. The van der Waals surface area contributed by atoms with Crippen molar-refractivity contribution in [2.24, 2.45) is 5.10 Å². The van der Waals surface area contributed by atoms with Gasteiger partial charge in [-0.25, -0.2) is 9.82 Å². The molecule has 0 atom stereocenters. The van der Waals surface area contributed by atoms with E-state index in [0.29, 0.717) is 11.3 Å². The van der Waals surface area contributed by atoms with Crippen LogP contribution in [0.5, 0.6) is 0 Å². The highest BCUT2D eigenvalue weighted by Gasteiger charge is 2.09. The number of non-ortho nitro benzene ring substituents is 1. The fraction of sp³-hybridized carbons (Fsp3) is 0. The van der Waals surface area contributed by atoms with Crippen molar-refractivity contribution in [3.05, 3.63) is 100 Å². The van der Waals surface area contributed by atoms with Crippen LogP contribution in [-0.2, 0) is 0 Å². The Morgan fingerprint density at radius 1 is 0.788 bits per heavy atom. The van der Waals surface area contributed by atoms with Crippen molar-refractivity contribution in [2.45, 2.75) is 0 Å².